The van der Waals surface area contributed by atoms with Gasteiger partial charge in [0.05, 0.1) is 6.42 Å². The summed E-state index contributed by atoms with van der Waals surface area (Å²) < 4.78 is 5.54. The van der Waals surface area contributed by atoms with E-state index in [9.17, 15) is 9.59 Å². The Labute approximate surface area is 146 Å². The number of fused-ring (bicyclic) bond motifs is 1. The van der Waals surface area contributed by atoms with Crippen molar-refractivity contribution in [2.45, 2.75) is 12.5 Å². The van der Waals surface area contributed by atoms with Crippen LogP contribution in [0.1, 0.15) is 17.2 Å². The molecule has 128 valence electrons. The lowest BCUT2D eigenvalue weighted by Gasteiger charge is -2.21. The van der Waals surface area contributed by atoms with E-state index < -0.39 is 12.1 Å². The number of nitrogens with one attached hydrogen (secondary N) is 1. The first-order valence-electron chi connectivity index (χ1n) is 8.07. The number of likely N-dealkylation sites (N-methyl/N-ethyl adjacent to an activating group) is 1. The lowest BCUT2D eigenvalue weighted by Crippen LogP contribution is -2.31. The molecule has 1 unspecified atom stereocenters. The number of amides is 1. The van der Waals surface area contributed by atoms with Crippen LogP contribution in [0.5, 0.6) is 0 Å². The number of hydrogen-bond donors (Lipinski definition) is 1. The molecule has 1 atom stereocenters. The number of benzene rings is 2. The van der Waals surface area contributed by atoms with Gasteiger partial charge in [0.25, 0.3) is 5.91 Å². The topological polar surface area (TPSA) is 62.4 Å². The molecule has 2 aromatic carbocycles. The normalized spacial score (nSPS) is 11.9. The molecular weight excluding hydrogens is 316 g/mol. The predicted molar refractivity (Wildman–Crippen MR) is 96.0 cm³/mol. The molecule has 1 aromatic heterocycles. The molecule has 1 heterocycles. The quantitative estimate of drug-likeness (QED) is 0.728. The van der Waals surface area contributed by atoms with Crippen molar-refractivity contribution >= 4 is 22.8 Å². The molecule has 1 amide bonds. The predicted octanol–water partition coefficient (Wildman–Crippen LogP) is 3.08. The number of rotatable bonds is 5. The summed E-state index contributed by atoms with van der Waals surface area (Å²) in [6.07, 6.45) is 0.972. The summed E-state index contributed by atoms with van der Waals surface area (Å²) in [7, 11) is 3.29. The van der Waals surface area contributed by atoms with E-state index in [0.29, 0.717) is 5.56 Å². The zero-order chi connectivity index (χ0) is 17.8. The van der Waals surface area contributed by atoms with Crippen LogP contribution in [0.3, 0.4) is 0 Å². The Bertz CT molecular complexity index is 884. The van der Waals surface area contributed by atoms with Crippen LogP contribution in [-0.4, -0.2) is 35.9 Å². The standard InChI is InChI=1S/C20H20N2O3/c1-22(2)20(24)19(14-8-4-3-5-9-14)25-18(23)12-15-13-21-17-11-7-6-10-16(15)17/h3-11,13,19,21H,12H2,1-2H3. The fraction of sp³-hybridized carbons (Fsp3) is 0.200. The third-order valence-corrected chi connectivity index (χ3v) is 4.03. The lowest BCUT2D eigenvalue weighted by molar-refractivity contribution is -0.159. The number of aromatic nitrogens is 1. The Morgan fingerprint density at radius 1 is 1.04 bits per heavy atom. The maximum atomic E-state index is 12.5. The van der Waals surface area contributed by atoms with Crippen molar-refractivity contribution in [2.24, 2.45) is 0 Å². The van der Waals surface area contributed by atoms with E-state index in [-0.39, 0.29) is 12.3 Å². The number of carbonyl (C=O) groups excluding carboxylic acids is 2. The molecule has 0 aliphatic carbocycles. The van der Waals surface area contributed by atoms with E-state index in [4.69, 9.17) is 4.74 Å². The monoisotopic (exact) mass is 336 g/mol. The smallest absolute Gasteiger partial charge is 0.311 e. The zero-order valence-corrected chi connectivity index (χ0v) is 14.2. The average molecular weight is 336 g/mol. The number of nitrogens with zero attached hydrogens (tertiary/aromatic N) is 1. The van der Waals surface area contributed by atoms with E-state index in [2.05, 4.69) is 4.98 Å². The SMILES string of the molecule is CN(C)C(=O)C(OC(=O)Cc1c[nH]c2ccccc12)c1ccccc1. The average Bonchev–Trinajstić information content (AvgIpc) is 3.03. The Kier molecular flexibility index (Phi) is 4.84. The highest BCUT2D eigenvalue weighted by Crippen LogP contribution is 2.22. The summed E-state index contributed by atoms with van der Waals surface area (Å²) in [5.41, 5.74) is 2.48. The van der Waals surface area contributed by atoms with Crippen LogP contribution in [0.2, 0.25) is 0 Å². The maximum absolute atomic E-state index is 12.5. The summed E-state index contributed by atoms with van der Waals surface area (Å²) in [4.78, 5) is 29.5. The third-order valence-electron chi connectivity index (χ3n) is 4.03. The van der Waals surface area contributed by atoms with Crippen molar-refractivity contribution in [1.29, 1.82) is 0 Å². The Hall–Kier alpha value is -3.08. The molecule has 0 aliphatic heterocycles. The van der Waals surface area contributed by atoms with Crippen molar-refractivity contribution in [3.8, 4) is 0 Å². The number of ether oxygens (including phenoxy) is 1. The Balaban J connectivity index is 1.79. The molecule has 0 bridgehead atoms. The highest BCUT2D eigenvalue weighted by Gasteiger charge is 2.26. The third kappa shape index (κ3) is 3.71. The van der Waals surface area contributed by atoms with Gasteiger partial charge in [0.15, 0.2) is 0 Å². The van der Waals surface area contributed by atoms with Gasteiger partial charge in [-0.15, -0.1) is 0 Å². The van der Waals surface area contributed by atoms with E-state index in [1.165, 1.54) is 4.90 Å². The molecule has 0 saturated carbocycles. The number of aromatic amines is 1. The molecule has 0 aliphatic rings. The molecular formula is C20H20N2O3. The van der Waals surface area contributed by atoms with Crippen molar-refractivity contribution in [1.82, 2.24) is 9.88 Å². The Morgan fingerprint density at radius 2 is 1.72 bits per heavy atom. The number of para-hydroxylation sites is 1. The van der Waals surface area contributed by atoms with Gasteiger partial charge in [0.1, 0.15) is 0 Å². The maximum Gasteiger partial charge on any atom is 0.311 e. The van der Waals surface area contributed by atoms with Crippen LogP contribution in [0.25, 0.3) is 10.9 Å². The van der Waals surface area contributed by atoms with Crippen LogP contribution < -0.4 is 0 Å². The minimum absolute atomic E-state index is 0.105. The number of hydrogen-bond acceptors (Lipinski definition) is 3. The van der Waals surface area contributed by atoms with Crippen LogP contribution in [-0.2, 0) is 20.7 Å². The van der Waals surface area contributed by atoms with Gasteiger partial charge in [-0.1, -0.05) is 48.5 Å². The van der Waals surface area contributed by atoms with Gasteiger partial charge in [-0.2, -0.15) is 0 Å². The van der Waals surface area contributed by atoms with Gasteiger partial charge in [-0.25, -0.2) is 0 Å². The minimum atomic E-state index is -0.936. The van der Waals surface area contributed by atoms with Crippen LogP contribution in [0.15, 0.2) is 60.8 Å². The fourth-order valence-corrected chi connectivity index (χ4v) is 2.73. The summed E-state index contributed by atoms with van der Waals surface area (Å²) in [5.74, 6) is -0.702. The van der Waals surface area contributed by atoms with E-state index in [0.717, 1.165) is 16.5 Å². The van der Waals surface area contributed by atoms with E-state index in [1.54, 1.807) is 32.4 Å². The number of H-pyrrole nitrogens is 1. The summed E-state index contributed by atoms with van der Waals surface area (Å²) in [6.45, 7) is 0. The van der Waals surface area contributed by atoms with Gasteiger partial charge in [0, 0.05) is 36.8 Å². The minimum Gasteiger partial charge on any atom is -0.447 e. The molecule has 25 heavy (non-hydrogen) atoms. The summed E-state index contributed by atoms with van der Waals surface area (Å²) >= 11 is 0. The fourth-order valence-electron chi connectivity index (χ4n) is 2.73. The molecule has 1 N–H and O–H groups in total. The second-order valence-corrected chi connectivity index (χ2v) is 6.05. The highest BCUT2D eigenvalue weighted by molar-refractivity contribution is 5.89. The molecule has 3 aromatic rings. The lowest BCUT2D eigenvalue weighted by atomic mass is 10.1. The van der Waals surface area contributed by atoms with Crippen LogP contribution in [0.4, 0.5) is 0 Å². The molecule has 0 saturated heterocycles. The number of esters is 1. The molecule has 0 radical (unpaired) electrons. The van der Waals surface area contributed by atoms with Crippen LogP contribution in [0, 0.1) is 0 Å². The first kappa shape index (κ1) is 16.8. The first-order chi connectivity index (χ1) is 12.1. The van der Waals surface area contributed by atoms with Gasteiger partial charge in [-0.3, -0.25) is 9.59 Å². The summed E-state index contributed by atoms with van der Waals surface area (Å²) in [5, 5.41) is 0.981. The number of carbonyl (C=O) groups is 2. The van der Waals surface area contributed by atoms with E-state index in [1.807, 2.05) is 42.5 Å². The summed E-state index contributed by atoms with van der Waals surface area (Å²) in [6, 6.07) is 16.8. The van der Waals surface area contributed by atoms with Gasteiger partial charge in [0.2, 0.25) is 6.10 Å². The molecule has 0 fully saturated rings. The second kappa shape index (κ2) is 7.21. The van der Waals surface area contributed by atoms with Crippen molar-refractivity contribution < 1.29 is 14.3 Å². The molecule has 5 nitrogen and oxygen atoms in total. The highest BCUT2D eigenvalue weighted by atomic mass is 16.5. The zero-order valence-electron chi connectivity index (χ0n) is 14.2. The van der Waals surface area contributed by atoms with Gasteiger partial charge >= 0.3 is 5.97 Å². The first-order valence-corrected chi connectivity index (χ1v) is 8.07. The van der Waals surface area contributed by atoms with Crippen molar-refractivity contribution in [2.75, 3.05) is 14.1 Å². The van der Waals surface area contributed by atoms with Crippen LogP contribution >= 0.6 is 0 Å². The molecule has 5 heteroatoms. The second-order valence-electron chi connectivity index (χ2n) is 6.05. The van der Waals surface area contributed by atoms with Gasteiger partial charge in [-0.05, 0) is 11.6 Å². The Morgan fingerprint density at radius 3 is 2.44 bits per heavy atom. The van der Waals surface area contributed by atoms with Crippen molar-refractivity contribution in [3.63, 3.8) is 0 Å². The largest absolute Gasteiger partial charge is 0.447 e. The molecule has 0 spiro atoms. The van der Waals surface area contributed by atoms with Crippen molar-refractivity contribution in [3.05, 3.63) is 71.9 Å². The van der Waals surface area contributed by atoms with Gasteiger partial charge < -0.3 is 14.6 Å². The molecule has 3 rings (SSSR count). The van der Waals surface area contributed by atoms with E-state index >= 15 is 0 Å².